The molecule has 0 aromatic heterocycles. The molecule has 0 atom stereocenters. The summed E-state index contributed by atoms with van der Waals surface area (Å²) in [5.74, 6) is 0. The first-order valence-corrected chi connectivity index (χ1v) is 4.88. The standard InChI is InChI=1S/C13H10Cl/c14-13-8-6-12(7-9-13)10-11-4-2-1-3-5-11/h1-10H/q+1. The Labute approximate surface area is 89.2 Å². The SMILES string of the molecule is Clc1ccc([CH+]c2ccccc2)cc1. The van der Waals surface area contributed by atoms with Gasteiger partial charge in [0, 0.05) is 30.7 Å². The molecule has 0 nitrogen and oxygen atoms in total. The highest BCUT2D eigenvalue weighted by Crippen LogP contribution is 2.14. The molecule has 0 radical (unpaired) electrons. The van der Waals surface area contributed by atoms with Gasteiger partial charge in [-0.1, -0.05) is 11.6 Å². The lowest BCUT2D eigenvalue weighted by Gasteiger charge is -1.94. The summed E-state index contributed by atoms with van der Waals surface area (Å²) in [7, 11) is 0. The Morgan fingerprint density at radius 2 is 1.29 bits per heavy atom. The summed E-state index contributed by atoms with van der Waals surface area (Å²) in [5.41, 5.74) is 2.37. The Bertz CT molecular complexity index is 389. The third-order valence-electron chi connectivity index (χ3n) is 2.00. The van der Waals surface area contributed by atoms with E-state index in [0.29, 0.717) is 0 Å². The second-order valence-corrected chi connectivity index (χ2v) is 3.54. The molecule has 0 unspecified atom stereocenters. The molecule has 2 rings (SSSR count). The fraction of sp³-hybridized carbons (Fsp3) is 0. The molecule has 2 aromatic rings. The number of halogens is 1. The van der Waals surface area contributed by atoms with Crippen LogP contribution >= 0.6 is 11.6 Å². The molecule has 0 spiro atoms. The molecule has 1 heteroatoms. The van der Waals surface area contributed by atoms with Gasteiger partial charge < -0.3 is 0 Å². The zero-order valence-corrected chi connectivity index (χ0v) is 8.41. The van der Waals surface area contributed by atoms with Gasteiger partial charge in [0.1, 0.15) is 0 Å². The molecule has 0 fully saturated rings. The van der Waals surface area contributed by atoms with E-state index in [1.807, 2.05) is 42.5 Å². The van der Waals surface area contributed by atoms with Crippen LogP contribution in [-0.2, 0) is 0 Å². The topological polar surface area (TPSA) is 0 Å². The van der Waals surface area contributed by atoms with E-state index in [4.69, 9.17) is 11.6 Å². The maximum Gasteiger partial charge on any atom is 0.0726 e. The third kappa shape index (κ3) is 2.30. The van der Waals surface area contributed by atoms with Crippen molar-refractivity contribution in [3.63, 3.8) is 0 Å². The normalized spacial score (nSPS) is 9.79. The molecule has 0 aliphatic heterocycles. The Morgan fingerprint density at radius 1 is 0.714 bits per heavy atom. The van der Waals surface area contributed by atoms with Crippen molar-refractivity contribution in [1.29, 1.82) is 0 Å². The van der Waals surface area contributed by atoms with Crippen molar-refractivity contribution in [2.24, 2.45) is 0 Å². The van der Waals surface area contributed by atoms with Gasteiger partial charge in [0.05, 0.1) is 16.1 Å². The molecule has 0 amide bonds. The summed E-state index contributed by atoms with van der Waals surface area (Å²) >= 11 is 5.80. The molecule has 0 saturated heterocycles. The molecule has 68 valence electrons. The van der Waals surface area contributed by atoms with E-state index in [0.717, 1.165) is 5.02 Å². The van der Waals surface area contributed by atoms with E-state index in [2.05, 4.69) is 18.6 Å². The smallest absolute Gasteiger partial charge is 0.0726 e. The summed E-state index contributed by atoms with van der Waals surface area (Å²) in [6, 6.07) is 18.0. The average molecular weight is 202 g/mol. The van der Waals surface area contributed by atoms with Gasteiger partial charge in [-0.05, 0) is 30.3 Å². The van der Waals surface area contributed by atoms with Crippen LogP contribution < -0.4 is 0 Å². The summed E-state index contributed by atoms with van der Waals surface area (Å²) in [6.45, 7) is 0. The summed E-state index contributed by atoms with van der Waals surface area (Å²) in [4.78, 5) is 0. The van der Waals surface area contributed by atoms with E-state index in [1.165, 1.54) is 11.1 Å². The average Bonchev–Trinajstić information content (AvgIpc) is 2.23. The van der Waals surface area contributed by atoms with Gasteiger partial charge in [0.2, 0.25) is 0 Å². The van der Waals surface area contributed by atoms with Crippen LogP contribution in [-0.4, -0.2) is 0 Å². The molecule has 2 aromatic carbocycles. The highest BCUT2D eigenvalue weighted by Gasteiger charge is 2.01. The molecule has 0 aliphatic carbocycles. The number of benzene rings is 2. The Morgan fingerprint density at radius 3 is 1.93 bits per heavy atom. The van der Waals surface area contributed by atoms with Gasteiger partial charge in [0.15, 0.2) is 0 Å². The Balaban J connectivity index is 2.16. The minimum Gasteiger partial charge on any atom is -0.0828 e. The van der Waals surface area contributed by atoms with Gasteiger partial charge in [-0.3, -0.25) is 0 Å². The van der Waals surface area contributed by atoms with Gasteiger partial charge >= 0.3 is 0 Å². The van der Waals surface area contributed by atoms with E-state index < -0.39 is 0 Å². The van der Waals surface area contributed by atoms with Crippen LogP contribution in [0.4, 0.5) is 0 Å². The van der Waals surface area contributed by atoms with Gasteiger partial charge in [-0.15, -0.1) is 0 Å². The molecular weight excluding hydrogens is 192 g/mol. The zero-order valence-electron chi connectivity index (χ0n) is 7.65. The number of hydrogen-bond acceptors (Lipinski definition) is 0. The van der Waals surface area contributed by atoms with Crippen molar-refractivity contribution in [1.82, 2.24) is 0 Å². The second-order valence-electron chi connectivity index (χ2n) is 3.11. The molecule has 0 aliphatic rings. The summed E-state index contributed by atoms with van der Waals surface area (Å²) < 4.78 is 0. The quantitative estimate of drug-likeness (QED) is 0.646. The monoisotopic (exact) mass is 201 g/mol. The maximum absolute atomic E-state index is 5.80. The molecule has 0 bridgehead atoms. The van der Waals surface area contributed by atoms with Crippen LogP contribution in [0.1, 0.15) is 11.1 Å². The maximum atomic E-state index is 5.80. The molecule has 0 N–H and O–H groups in total. The van der Waals surface area contributed by atoms with Crippen molar-refractivity contribution in [2.75, 3.05) is 0 Å². The number of hydrogen-bond donors (Lipinski definition) is 0. The van der Waals surface area contributed by atoms with Crippen LogP contribution in [0.15, 0.2) is 54.6 Å². The zero-order chi connectivity index (χ0) is 9.80. The lowest BCUT2D eigenvalue weighted by molar-refractivity contribution is 1.43. The van der Waals surface area contributed by atoms with Crippen molar-refractivity contribution in [3.05, 3.63) is 77.2 Å². The molecule has 0 heterocycles. The van der Waals surface area contributed by atoms with E-state index in [-0.39, 0.29) is 0 Å². The van der Waals surface area contributed by atoms with Crippen LogP contribution in [0, 0.1) is 6.42 Å². The predicted molar refractivity (Wildman–Crippen MR) is 60.4 cm³/mol. The van der Waals surface area contributed by atoms with E-state index in [9.17, 15) is 0 Å². The molecule has 0 saturated carbocycles. The lowest BCUT2D eigenvalue weighted by atomic mass is 10.1. The van der Waals surface area contributed by atoms with E-state index in [1.54, 1.807) is 0 Å². The van der Waals surface area contributed by atoms with Crippen molar-refractivity contribution < 1.29 is 0 Å². The van der Waals surface area contributed by atoms with Crippen molar-refractivity contribution in [3.8, 4) is 0 Å². The lowest BCUT2D eigenvalue weighted by Crippen LogP contribution is -1.83. The van der Waals surface area contributed by atoms with Crippen molar-refractivity contribution in [2.45, 2.75) is 0 Å². The van der Waals surface area contributed by atoms with Gasteiger partial charge in [-0.2, -0.15) is 0 Å². The number of rotatable bonds is 2. The molecular formula is C13H10Cl+. The first-order valence-electron chi connectivity index (χ1n) is 4.50. The largest absolute Gasteiger partial charge is 0.0828 e. The third-order valence-corrected chi connectivity index (χ3v) is 2.25. The van der Waals surface area contributed by atoms with Crippen molar-refractivity contribution >= 4 is 11.6 Å². The van der Waals surface area contributed by atoms with Crippen LogP contribution in [0.3, 0.4) is 0 Å². The highest BCUT2D eigenvalue weighted by molar-refractivity contribution is 6.30. The van der Waals surface area contributed by atoms with E-state index >= 15 is 0 Å². The minimum absolute atomic E-state index is 0.773. The summed E-state index contributed by atoms with van der Waals surface area (Å²) in [5, 5.41) is 0.773. The molecule has 14 heavy (non-hydrogen) atoms. The predicted octanol–water partition coefficient (Wildman–Crippen LogP) is 3.94. The Kier molecular flexibility index (Phi) is 2.76. The first-order chi connectivity index (χ1) is 6.84. The second kappa shape index (κ2) is 4.21. The van der Waals surface area contributed by atoms with Crippen LogP contribution in [0.25, 0.3) is 0 Å². The van der Waals surface area contributed by atoms with Gasteiger partial charge in [0.25, 0.3) is 0 Å². The fourth-order valence-corrected chi connectivity index (χ4v) is 1.43. The summed E-state index contributed by atoms with van der Waals surface area (Å²) in [6.07, 6.45) is 2.12. The minimum atomic E-state index is 0.773. The van der Waals surface area contributed by atoms with Crippen LogP contribution in [0.5, 0.6) is 0 Å². The Hall–Kier alpha value is -1.40. The fourth-order valence-electron chi connectivity index (χ4n) is 1.30. The first kappa shape index (κ1) is 9.17. The van der Waals surface area contributed by atoms with Gasteiger partial charge in [-0.25, -0.2) is 0 Å². The van der Waals surface area contributed by atoms with Crippen LogP contribution in [0.2, 0.25) is 5.02 Å². The highest BCUT2D eigenvalue weighted by atomic mass is 35.5.